The van der Waals surface area contributed by atoms with E-state index in [-0.39, 0.29) is 12.1 Å². The van der Waals surface area contributed by atoms with Crippen molar-refractivity contribution < 1.29 is 9.53 Å². The number of carbonyl (C=O) groups is 1. The second-order valence-electron chi connectivity index (χ2n) is 6.32. The highest BCUT2D eigenvalue weighted by Crippen LogP contribution is 2.35. The number of ether oxygens (including phenoxy) is 1. The van der Waals surface area contributed by atoms with Crippen molar-refractivity contribution in [1.82, 2.24) is 4.90 Å². The average Bonchev–Trinajstić information content (AvgIpc) is 2.35. The molecule has 3 nitrogen and oxygen atoms in total. The molecule has 0 heterocycles. The van der Waals surface area contributed by atoms with Crippen LogP contribution in [0.2, 0.25) is 0 Å². The van der Waals surface area contributed by atoms with Crippen LogP contribution in [0.25, 0.3) is 0 Å². The van der Waals surface area contributed by atoms with Gasteiger partial charge >= 0.3 is 5.97 Å². The van der Waals surface area contributed by atoms with Gasteiger partial charge in [0.05, 0.1) is 6.54 Å². The number of hydrogen-bond donors (Lipinski definition) is 0. The lowest BCUT2D eigenvalue weighted by atomic mass is 9.75. The van der Waals surface area contributed by atoms with E-state index in [4.69, 9.17) is 4.74 Å². The molecule has 1 fully saturated rings. The van der Waals surface area contributed by atoms with Gasteiger partial charge in [0, 0.05) is 0 Å². The summed E-state index contributed by atoms with van der Waals surface area (Å²) >= 11 is 0. The molecule has 1 saturated carbocycles. The van der Waals surface area contributed by atoms with E-state index in [1.165, 1.54) is 12.8 Å². The summed E-state index contributed by atoms with van der Waals surface area (Å²) in [5.74, 6) is 1.77. The van der Waals surface area contributed by atoms with E-state index in [0.717, 1.165) is 19.5 Å². The molecule has 1 rings (SSSR count). The van der Waals surface area contributed by atoms with E-state index in [9.17, 15) is 4.79 Å². The Morgan fingerprint density at radius 2 is 1.89 bits per heavy atom. The number of esters is 1. The van der Waals surface area contributed by atoms with E-state index >= 15 is 0 Å². The molecule has 0 aromatic heterocycles. The third-order valence-corrected chi connectivity index (χ3v) is 4.49. The molecule has 19 heavy (non-hydrogen) atoms. The van der Waals surface area contributed by atoms with Crippen LogP contribution in [-0.2, 0) is 9.53 Å². The van der Waals surface area contributed by atoms with Crippen LogP contribution in [0, 0.1) is 17.8 Å². The van der Waals surface area contributed by atoms with E-state index in [2.05, 4.69) is 39.5 Å². The van der Waals surface area contributed by atoms with Crippen molar-refractivity contribution in [3.05, 3.63) is 0 Å². The van der Waals surface area contributed by atoms with Crippen LogP contribution < -0.4 is 0 Å². The van der Waals surface area contributed by atoms with Crippen molar-refractivity contribution in [1.29, 1.82) is 0 Å². The van der Waals surface area contributed by atoms with Gasteiger partial charge in [-0.3, -0.25) is 9.69 Å². The van der Waals surface area contributed by atoms with Gasteiger partial charge in [0.2, 0.25) is 0 Å². The first-order valence-electron chi connectivity index (χ1n) is 7.89. The van der Waals surface area contributed by atoms with Crippen molar-refractivity contribution in [2.24, 2.45) is 17.8 Å². The zero-order valence-corrected chi connectivity index (χ0v) is 13.3. The summed E-state index contributed by atoms with van der Waals surface area (Å²) in [5, 5.41) is 0. The van der Waals surface area contributed by atoms with Crippen LogP contribution in [0.5, 0.6) is 0 Å². The Morgan fingerprint density at radius 1 is 1.26 bits per heavy atom. The summed E-state index contributed by atoms with van der Waals surface area (Å²) in [6.45, 7) is 13.1. The molecule has 3 atom stereocenters. The summed E-state index contributed by atoms with van der Waals surface area (Å²) in [6, 6.07) is 0. The lowest BCUT2D eigenvalue weighted by Gasteiger charge is -2.37. The number of hydrogen-bond acceptors (Lipinski definition) is 3. The lowest BCUT2D eigenvalue weighted by molar-refractivity contribution is -0.157. The molecule has 0 aliphatic heterocycles. The summed E-state index contributed by atoms with van der Waals surface area (Å²) in [4.78, 5) is 14.2. The van der Waals surface area contributed by atoms with Crippen molar-refractivity contribution >= 4 is 5.97 Å². The van der Waals surface area contributed by atoms with Gasteiger partial charge in [-0.25, -0.2) is 0 Å². The van der Waals surface area contributed by atoms with E-state index in [1.54, 1.807) is 0 Å². The molecule has 0 amide bonds. The Balaban J connectivity index is 2.53. The third-order valence-electron chi connectivity index (χ3n) is 4.49. The fourth-order valence-electron chi connectivity index (χ4n) is 3.09. The van der Waals surface area contributed by atoms with E-state index in [1.807, 2.05) is 0 Å². The fraction of sp³-hybridized carbons (Fsp3) is 0.938. The van der Waals surface area contributed by atoms with E-state index < -0.39 is 0 Å². The van der Waals surface area contributed by atoms with Crippen LogP contribution >= 0.6 is 0 Å². The Morgan fingerprint density at radius 3 is 2.42 bits per heavy atom. The highest BCUT2D eigenvalue weighted by atomic mass is 16.5. The van der Waals surface area contributed by atoms with Crippen LogP contribution in [0.4, 0.5) is 0 Å². The van der Waals surface area contributed by atoms with Gasteiger partial charge in [0.1, 0.15) is 6.10 Å². The lowest BCUT2D eigenvalue weighted by Crippen LogP contribution is -2.39. The first-order valence-corrected chi connectivity index (χ1v) is 7.89. The zero-order chi connectivity index (χ0) is 14.4. The summed E-state index contributed by atoms with van der Waals surface area (Å²) in [7, 11) is 0. The molecule has 0 saturated heterocycles. The molecule has 0 aromatic rings. The predicted octanol–water partition coefficient (Wildman–Crippen LogP) is 3.33. The normalized spacial score (nSPS) is 27.8. The minimum Gasteiger partial charge on any atom is -0.461 e. The highest BCUT2D eigenvalue weighted by Gasteiger charge is 2.33. The van der Waals surface area contributed by atoms with Gasteiger partial charge in [-0.05, 0) is 43.7 Å². The molecule has 0 bridgehead atoms. The van der Waals surface area contributed by atoms with Crippen molar-refractivity contribution in [3.63, 3.8) is 0 Å². The Bertz CT molecular complexity index is 274. The maximum Gasteiger partial charge on any atom is 0.320 e. The maximum atomic E-state index is 12.1. The van der Waals surface area contributed by atoms with Crippen LogP contribution in [0.3, 0.4) is 0 Å². The molecule has 112 valence electrons. The zero-order valence-electron chi connectivity index (χ0n) is 13.3. The molecular formula is C16H31NO2. The van der Waals surface area contributed by atoms with Gasteiger partial charge in [-0.15, -0.1) is 0 Å². The minimum atomic E-state index is -0.0477. The average molecular weight is 269 g/mol. The molecule has 0 radical (unpaired) electrons. The predicted molar refractivity (Wildman–Crippen MR) is 79.0 cm³/mol. The molecule has 3 heteroatoms. The largest absolute Gasteiger partial charge is 0.461 e. The molecule has 0 unspecified atom stereocenters. The van der Waals surface area contributed by atoms with Crippen LogP contribution in [-0.4, -0.2) is 36.6 Å². The Hall–Kier alpha value is -0.570. The summed E-state index contributed by atoms with van der Waals surface area (Å²) in [5.41, 5.74) is 0. The maximum absolute atomic E-state index is 12.1. The van der Waals surface area contributed by atoms with Crippen LogP contribution in [0.1, 0.15) is 53.9 Å². The second kappa shape index (κ2) is 7.88. The topological polar surface area (TPSA) is 29.5 Å². The smallest absolute Gasteiger partial charge is 0.320 e. The van der Waals surface area contributed by atoms with E-state index in [0.29, 0.717) is 24.3 Å². The van der Waals surface area contributed by atoms with Gasteiger partial charge in [-0.1, -0.05) is 41.0 Å². The second-order valence-corrected chi connectivity index (χ2v) is 6.32. The molecule has 0 N–H and O–H groups in total. The fourth-order valence-corrected chi connectivity index (χ4v) is 3.09. The van der Waals surface area contributed by atoms with Crippen molar-refractivity contribution in [2.75, 3.05) is 19.6 Å². The first kappa shape index (κ1) is 16.5. The highest BCUT2D eigenvalue weighted by molar-refractivity contribution is 5.71. The SMILES string of the molecule is CCN(CC)CC(=O)O[C@@H]1C[C@H](C)CC[C@H]1C(C)C. The first-order chi connectivity index (χ1) is 8.97. The van der Waals surface area contributed by atoms with Crippen molar-refractivity contribution in [2.45, 2.75) is 60.0 Å². The Kier molecular flexibility index (Phi) is 6.84. The van der Waals surface area contributed by atoms with Gasteiger partial charge in [0.25, 0.3) is 0 Å². The van der Waals surface area contributed by atoms with Crippen molar-refractivity contribution in [3.8, 4) is 0 Å². The quantitative estimate of drug-likeness (QED) is 0.693. The minimum absolute atomic E-state index is 0.0477. The monoisotopic (exact) mass is 269 g/mol. The number of nitrogens with zero attached hydrogens (tertiary/aromatic N) is 1. The standard InChI is InChI=1S/C16H31NO2/c1-6-17(7-2)11-16(18)19-15-10-13(5)8-9-14(15)12(3)4/h12-15H,6-11H2,1-5H3/t13-,14+,15-/m1/s1. The molecule has 1 aliphatic carbocycles. The summed E-state index contributed by atoms with van der Waals surface area (Å²) < 4.78 is 5.79. The number of likely N-dealkylation sites (N-methyl/N-ethyl adjacent to an activating group) is 1. The van der Waals surface area contributed by atoms with Gasteiger partial charge < -0.3 is 4.74 Å². The molecule has 1 aliphatic rings. The van der Waals surface area contributed by atoms with Gasteiger partial charge in [0.15, 0.2) is 0 Å². The molecule has 0 spiro atoms. The summed E-state index contributed by atoms with van der Waals surface area (Å²) in [6.07, 6.45) is 3.63. The molecular weight excluding hydrogens is 238 g/mol. The molecule has 0 aromatic carbocycles. The van der Waals surface area contributed by atoms with Gasteiger partial charge in [-0.2, -0.15) is 0 Å². The Labute approximate surface area is 118 Å². The van der Waals surface area contributed by atoms with Crippen LogP contribution in [0.15, 0.2) is 0 Å². The number of carbonyl (C=O) groups excluding carboxylic acids is 1. The number of rotatable bonds is 6. The third kappa shape index (κ3) is 5.13.